The van der Waals surface area contributed by atoms with Gasteiger partial charge in [0.15, 0.2) is 23.0 Å². The van der Waals surface area contributed by atoms with Crippen LogP contribution in [0.3, 0.4) is 0 Å². The molecule has 1 saturated carbocycles. The molecule has 3 aliphatic carbocycles. The van der Waals surface area contributed by atoms with Gasteiger partial charge in [0.05, 0.1) is 36.0 Å². The molecule has 0 bridgehead atoms. The van der Waals surface area contributed by atoms with Crippen LogP contribution in [0.15, 0.2) is 47.5 Å². The molecule has 12 rings (SSSR count). The Morgan fingerprint density at radius 1 is 0.914 bits per heavy atom. The normalized spacial score (nSPS) is 23.4. The van der Waals surface area contributed by atoms with E-state index in [-0.39, 0.29) is 29.6 Å². The Morgan fingerprint density at radius 2 is 1.69 bits per heavy atom. The van der Waals surface area contributed by atoms with Gasteiger partial charge in [0, 0.05) is 92.4 Å². The summed E-state index contributed by atoms with van der Waals surface area (Å²) in [7, 11) is 0. The molecular weight excluding hydrogens is 909 g/mol. The number of nitrogen functional groups attached to an aromatic ring is 1. The highest BCUT2D eigenvalue weighted by Gasteiger charge is 2.49. The van der Waals surface area contributed by atoms with E-state index in [0.717, 1.165) is 145 Å². The number of hydrogen-bond donors (Lipinski definition) is 2. The van der Waals surface area contributed by atoms with Crippen LogP contribution < -0.4 is 25.4 Å². The number of ether oxygens (including phenoxy) is 2. The van der Waals surface area contributed by atoms with Crippen molar-refractivity contribution in [2.24, 2.45) is 11.3 Å². The average molecular weight is 965 g/mol. The summed E-state index contributed by atoms with van der Waals surface area (Å²) < 4.78 is 19.1. The third-order valence-electron chi connectivity index (χ3n) is 16.0. The number of thiophene rings is 1. The number of nitrogens with two attached hydrogens (primary N) is 1. The Labute approximate surface area is 409 Å². The van der Waals surface area contributed by atoms with Gasteiger partial charge in [0.1, 0.15) is 23.4 Å². The molecule has 5 aromatic rings. The van der Waals surface area contributed by atoms with Gasteiger partial charge in [-0.05, 0) is 106 Å². The van der Waals surface area contributed by atoms with E-state index < -0.39 is 11.5 Å². The molecule has 4 aliphatic heterocycles. The van der Waals surface area contributed by atoms with Crippen molar-refractivity contribution in [1.29, 1.82) is 5.26 Å². The molecule has 3 N–H and O–H groups in total. The molecule has 4 fully saturated rings. The Morgan fingerprint density at radius 3 is 2.46 bits per heavy atom. The van der Waals surface area contributed by atoms with Crippen LogP contribution in [-0.2, 0) is 34.4 Å². The number of hydrogen-bond acceptors (Lipinski definition) is 17. The first kappa shape index (κ1) is 44.7. The van der Waals surface area contributed by atoms with Gasteiger partial charge in [-0.2, -0.15) is 15.2 Å². The number of aromatic nitrogens is 5. The lowest BCUT2D eigenvalue weighted by molar-refractivity contribution is -0.136. The van der Waals surface area contributed by atoms with E-state index in [9.17, 15) is 19.6 Å². The Kier molecular flexibility index (Phi) is 11.5. The molecule has 1 unspecified atom stereocenters. The van der Waals surface area contributed by atoms with Crippen molar-refractivity contribution < 1.29 is 28.4 Å². The van der Waals surface area contributed by atoms with Gasteiger partial charge in [0.2, 0.25) is 23.6 Å². The number of rotatable bonds is 12. The van der Waals surface area contributed by atoms with Gasteiger partial charge in [-0.25, -0.2) is 9.97 Å². The van der Waals surface area contributed by atoms with E-state index >= 15 is 0 Å². The Balaban J connectivity index is 0.664. The predicted molar refractivity (Wildman–Crippen MR) is 257 cm³/mol. The summed E-state index contributed by atoms with van der Waals surface area (Å²) >= 11 is 1.53. The maximum atomic E-state index is 13.2. The maximum absolute atomic E-state index is 13.2. The SMILES string of the molecule is N#Cc1c(N)sc2c1[C@@]1(CCC2)CCCc2c(-c3nc(OCC4(CN5CCN(CC6CCN(c7ccc8c(c7)CN(C7CCC(=O)NC7=O)C8=O)CC6)CC5)CC4)cc(Oc4cncnc4)n3)noc21. The number of piperidine rings is 2. The zero-order chi connectivity index (χ0) is 47.6. The summed E-state index contributed by atoms with van der Waals surface area (Å²) in [6.45, 7) is 9.05. The van der Waals surface area contributed by atoms with Crippen molar-refractivity contribution in [3.63, 3.8) is 0 Å². The monoisotopic (exact) mass is 964 g/mol. The van der Waals surface area contributed by atoms with Gasteiger partial charge in [-0.1, -0.05) is 5.16 Å². The van der Waals surface area contributed by atoms with Crippen molar-refractivity contribution >= 4 is 39.7 Å². The number of amides is 3. The average Bonchev–Trinajstić information content (AvgIpc) is 3.65. The Hall–Kier alpha value is -6.49. The number of nitrogens with zero attached hydrogens (tertiary/aromatic N) is 10. The van der Waals surface area contributed by atoms with Gasteiger partial charge >= 0.3 is 0 Å². The highest BCUT2D eigenvalue weighted by molar-refractivity contribution is 7.16. The molecule has 18 nitrogen and oxygen atoms in total. The summed E-state index contributed by atoms with van der Waals surface area (Å²) in [4.78, 5) is 65.9. The summed E-state index contributed by atoms with van der Waals surface area (Å²) in [5, 5.41) is 17.8. The minimum Gasteiger partial charge on any atom is -0.477 e. The van der Waals surface area contributed by atoms with Crippen molar-refractivity contribution in [3.05, 3.63) is 81.4 Å². The quantitative estimate of drug-likeness (QED) is 0.144. The molecule has 3 saturated heterocycles. The van der Waals surface area contributed by atoms with E-state index in [0.29, 0.717) is 70.6 Å². The topological polar surface area (TPSA) is 222 Å². The molecule has 19 heteroatoms. The number of nitrogens with one attached hydrogen (secondary N) is 1. The first-order valence-electron chi connectivity index (χ1n) is 24.9. The molecule has 4 aromatic heterocycles. The standard InChI is InChI=1S/C51H56N12O6S/c52-23-37-43-39(70-46(37)53)4-2-12-51(43)11-1-3-36-44(59-69-45(36)51)47-57-41(22-42(58-47)68-34-24-54-30-55-25-34)67-29-50(13-14-50)28-61-19-17-60(18-20-61)26-31-9-15-62(16-10-31)33-5-6-35-32(21-33)27-63(49(35)66)38-7-8-40(64)56-48(38)65/h5-6,21-22,24-25,30-31,38H,1-4,7-20,26-29,53H2,(H,56,64,65)/t38?,51-/m0/s1. The van der Waals surface area contributed by atoms with Crippen molar-refractivity contribution in [3.8, 4) is 35.1 Å². The molecule has 2 atom stereocenters. The van der Waals surface area contributed by atoms with E-state index in [2.05, 4.69) is 47.3 Å². The van der Waals surface area contributed by atoms with Crippen LogP contribution in [0.5, 0.6) is 17.5 Å². The number of carbonyl (C=O) groups is 3. The number of aryl methyl sites for hydroxylation is 1. The van der Waals surface area contributed by atoms with Crippen LogP contribution in [0.1, 0.15) is 107 Å². The fourth-order valence-electron chi connectivity index (χ4n) is 12.2. The lowest BCUT2D eigenvalue weighted by Crippen LogP contribution is -2.52. The second kappa shape index (κ2) is 18.0. The second-order valence-electron chi connectivity index (χ2n) is 20.5. The largest absolute Gasteiger partial charge is 0.477 e. The second-order valence-corrected chi connectivity index (χ2v) is 21.6. The fraction of sp³-hybridized carbons (Fsp3) is 0.510. The number of fused-ring (bicyclic) bond motifs is 5. The highest BCUT2D eigenvalue weighted by Crippen LogP contribution is 2.55. The molecule has 70 heavy (non-hydrogen) atoms. The van der Waals surface area contributed by atoms with Crippen LogP contribution in [0.2, 0.25) is 0 Å². The number of benzene rings is 1. The number of carbonyl (C=O) groups excluding carboxylic acids is 3. The van der Waals surface area contributed by atoms with E-state index in [1.807, 2.05) is 12.1 Å². The van der Waals surface area contributed by atoms with Gasteiger partial charge in [0.25, 0.3) is 5.91 Å². The molecule has 7 aliphatic rings. The third-order valence-corrected chi connectivity index (χ3v) is 17.1. The Bertz CT molecular complexity index is 2890. The number of anilines is 2. The molecule has 1 aromatic carbocycles. The summed E-state index contributed by atoms with van der Waals surface area (Å²) in [5.41, 5.74) is 11.8. The zero-order valence-corrected chi connectivity index (χ0v) is 40.0. The van der Waals surface area contributed by atoms with Crippen LogP contribution >= 0.6 is 11.3 Å². The summed E-state index contributed by atoms with van der Waals surface area (Å²) in [6, 6.07) is 9.59. The van der Waals surface area contributed by atoms with Gasteiger partial charge < -0.3 is 39.3 Å². The van der Waals surface area contributed by atoms with Crippen molar-refractivity contribution in [2.45, 2.75) is 95.1 Å². The summed E-state index contributed by atoms with van der Waals surface area (Å²) in [6.07, 6.45) is 14.9. The molecular formula is C51H56N12O6S. The zero-order valence-electron chi connectivity index (χ0n) is 39.2. The van der Waals surface area contributed by atoms with Crippen LogP contribution in [0, 0.1) is 22.7 Å². The highest BCUT2D eigenvalue weighted by atomic mass is 32.1. The number of nitriles is 1. The first-order chi connectivity index (χ1) is 34.1. The minimum absolute atomic E-state index is 0.0431. The molecule has 3 amide bonds. The molecule has 0 radical (unpaired) electrons. The van der Waals surface area contributed by atoms with Crippen molar-refractivity contribution in [1.82, 2.24) is 45.1 Å². The first-order valence-corrected chi connectivity index (χ1v) is 25.7. The minimum atomic E-state index is -0.604. The van der Waals surface area contributed by atoms with Crippen LogP contribution in [0.25, 0.3) is 11.5 Å². The van der Waals surface area contributed by atoms with E-state index in [4.69, 9.17) is 29.7 Å². The smallest absolute Gasteiger partial charge is 0.255 e. The number of piperazine rings is 1. The van der Waals surface area contributed by atoms with E-state index in [1.165, 1.54) is 22.5 Å². The van der Waals surface area contributed by atoms with Gasteiger partial charge in [-0.15, -0.1) is 11.3 Å². The lowest BCUT2D eigenvalue weighted by Gasteiger charge is -2.40. The molecule has 1 spiro atoms. The molecule has 362 valence electrons. The van der Waals surface area contributed by atoms with E-state index in [1.54, 1.807) is 23.4 Å². The predicted octanol–water partition coefficient (Wildman–Crippen LogP) is 5.64. The fourth-order valence-corrected chi connectivity index (χ4v) is 13.3. The van der Waals surface area contributed by atoms with Gasteiger partial charge in [-0.3, -0.25) is 19.7 Å². The van der Waals surface area contributed by atoms with Crippen LogP contribution in [-0.4, -0.2) is 123 Å². The third kappa shape index (κ3) is 8.32. The maximum Gasteiger partial charge on any atom is 0.255 e. The van der Waals surface area contributed by atoms with Crippen molar-refractivity contribution in [2.75, 3.05) is 69.6 Å². The summed E-state index contributed by atoms with van der Waals surface area (Å²) in [5.74, 6) is 2.12. The van der Waals surface area contributed by atoms with Crippen LogP contribution in [0.4, 0.5) is 10.7 Å². The lowest BCUT2D eigenvalue weighted by atomic mass is 9.63. The number of imide groups is 1. The molecule has 8 heterocycles.